The molecule has 0 spiro atoms. The fourth-order valence-corrected chi connectivity index (χ4v) is 1.36. The standard InChI is InChI=1S/C11H12F3NO/c1-6(2)7-4-10(16-3)8(5-9(7)15)11(12,13)14/h4-5H,1,15H2,2-3H3. The first kappa shape index (κ1) is 12.4. The second-order valence-corrected chi connectivity index (χ2v) is 3.42. The third kappa shape index (κ3) is 2.29. The number of anilines is 1. The summed E-state index contributed by atoms with van der Waals surface area (Å²) in [5.41, 5.74) is 5.74. The minimum Gasteiger partial charge on any atom is -0.496 e. The predicted octanol–water partition coefficient (Wildman–Crippen LogP) is 3.33. The molecule has 2 nitrogen and oxygen atoms in total. The first-order valence-electron chi connectivity index (χ1n) is 4.48. The van der Waals surface area contributed by atoms with Crippen LogP contribution < -0.4 is 10.5 Å². The molecule has 2 N–H and O–H groups in total. The molecular formula is C11H12F3NO. The lowest BCUT2D eigenvalue weighted by Crippen LogP contribution is -2.09. The second kappa shape index (κ2) is 4.08. The minimum atomic E-state index is -4.48. The van der Waals surface area contributed by atoms with Crippen LogP contribution in [0.3, 0.4) is 0 Å². The van der Waals surface area contributed by atoms with E-state index in [9.17, 15) is 13.2 Å². The van der Waals surface area contributed by atoms with Crippen LogP contribution in [0, 0.1) is 0 Å². The Labute approximate surface area is 91.5 Å². The summed E-state index contributed by atoms with van der Waals surface area (Å²) in [6.07, 6.45) is -4.48. The van der Waals surface area contributed by atoms with Gasteiger partial charge < -0.3 is 10.5 Å². The number of benzene rings is 1. The average molecular weight is 231 g/mol. The number of methoxy groups -OCH3 is 1. The summed E-state index contributed by atoms with van der Waals surface area (Å²) in [7, 11) is 1.18. The molecule has 0 aliphatic heterocycles. The van der Waals surface area contributed by atoms with Gasteiger partial charge in [-0.3, -0.25) is 0 Å². The largest absolute Gasteiger partial charge is 0.496 e. The zero-order valence-corrected chi connectivity index (χ0v) is 8.98. The van der Waals surface area contributed by atoms with E-state index in [1.54, 1.807) is 6.92 Å². The van der Waals surface area contributed by atoms with Crippen molar-refractivity contribution in [2.75, 3.05) is 12.8 Å². The molecule has 0 heterocycles. The van der Waals surface area contributed by atoms with Crippen molar-refractivity contribution in [3.63, 3.8) is 0 Å². The fourth-order valence-electron chi connectivity index (χ4n) is 1.36. The van der Waals surface area contributed by atoms with E-state index in [4.69, 9.17) is 10.5 Å². The molecule has 0 aromatic heterocycles. The minimum absolute atomic E-state index is 0.0422. The maximum Gasteiger partial charge on any atom is 0.420 e. The Hall–Kier alpha value is -1.65. The Kier molecular flexibility index (Phi) is 3.16. The zero-order valence-electron chi connectivity index (χ0n) is 8.98. The van der Waals surface area contributed by atoms with Gasteiger partial charge in [-0.05, 0) is 24.6 Å². The van der Waals surface area contributed by atoms with E-state index >= 15 is 0 Å². The number of hydrogen-bond acceptors (Lipinski definition) is 2. The lowest BCUT2D eigenvalue weighted by molar-refractivity contribution is -0.138. The summed E-state index contributed by atoms with van der Waals surface area (Å²) in [6, 6.07) is 2.11. The molecule has 5 heteroatoms. The molecule has 0 radical (unpaired) electrons. The fraction of sp³-hybridized carbons (Fsp3) is 0.273. The molecule has 0 aliphatic rings. The average Bonchev–Trinajstić information content (AvgIpc) is 2.15. The first-order valence-corrected chi connectivity index (χ1v) is 4.48. The van der Waals surface area contributed by atoms with Gasteiger partial charge in [-0.25, -0.2) is 0 Å². The number of rotatable bonds is 2. The van der Waals surface area contributed by atoms with E-state index in [0.717, 1.165) is 6.07 Å². The lowest BCUT2D eigenvalue weighted by Gasteiger charge is -2.15. The maximum absolute atomic E-state index is 12.6. The number of ether oxygens (including phenoxy) is 1. The van der Waals surface area contributed by atoms with Crippen LogP contribution in [0.25, 0.3) is 5.57 Å². The Bertz CT molecular complexity index is 424. The van der Waals surface area contributed by atoms with E-state index in [-0.39, 0.29) is 11.4 Å². The number of nitrogen functional groups attached to an aromatic ring is 1. The van der Waals surface area contributed by atoms with Crippen molar-refractivity contribution in [2.45, 2.75) is 13.1 Å². The number of allylic oxidation sites excluding steroid dienone is 1. The Balaban J connectivity index is 3.44. The molecule has 1 rings (SSSR count). The van der Waals surface area contributed by atoms with E-state index in [1.807, 2.05) is 0 Å². The summed E-state index contributed by atoms with van der Waals surface area (Å²) in [6.45, 7) is 5.30. The molecule has 0 aliphatic carbocycles. The molecule has 16 heavy (non-hydrogen) atoms. The summed E-state index contributed by atoms with van der Waals surface area (Å²) < 4.78 is 42.5. The SMILES string of the molecule is C=C(C)c1cc(OC)c(C(F)(F)F)cc1N. The molecule has 1 aromatic carbocycles. The van der Waals surface area contributed by atoms with Crippen molar-refractivity contribution in [1.29, 1.82) is 0 Å². The van der Waals surface area contributed by atoms with Gasteiger partial charge in [0.25, 0.3) is 0 Å². The van der Waals surface area contributed by atoms with E-state index < -0.39 is 11.7 Å². The molecule has 0 saturated heterocycles. The van der Waals surface area contributed by atoms with Crippen molar-refractivity contribution < 1.29 is 17.9 Å². The van der Waals surface area contributed by atoms with Gasteiger partial charge in [0.15, 0.2) is 0 Å². The summed E-state index contributed by atoms with van der Waals surface area (Å²) >= 11 is 0. The highest BCUT2D eigenvalue weighted by atomic mass is 19.4. The Morgan fingerprint density at radius 2 is 1.94 bits per heavy atom. The monoisotopic (exact) mass is 231 g/mol. The van der Waals surface area contributed by atoms with Gasteiger partial charge in [0.05, 0.1) is 12.7 Å². The van der Waals surface area contributed by atoms with Gasteiger partial charge in [-0.1, -0.05) is 6.58 Å². The van der Waals surface area contributed by atoms with Gasteiger partial charge >= 0.3 is 6.18 Å². The van der Waals surface area contributed by atoms with Crippen LogP contribution in [-0.4, -0.2) is 7.11 Å². The number of halogens is 3. The highest BCUT2D eigenvalue weighted by molar-refractivity contribution is 5.74. The smallest absolute Gasteiger partial charge is 0.420 e. The molecule has 0 fully saturated rings. The summed E-state index contributed by atoms with van der Waals surface area (Å²) in [5, 5.41) is 0. The van der Waals surface area contributed by atoms with Gasteiger partial charge in [0, 0.05) is 11.3 Å². The van der Waals surface area contributed by atoms with Gasteiger partial charge in [0.1, 0.15) is 5.75 Å². The Morgan fingerprint density at radius 1 is 1.38 bits per heavy atom. The molecular weight excluding hydrogens is 219 g/mol. The van der Waals surface area contributed by atoms with Crippen LogP contribution in [0.5, 0.6) is 5.75 Å². The van der Waals surface area contributed by atoms with Crippen molar-refractivity contribution in [3.8, 4) is 5.75 Å². The predicted molar refractivity (Wildman–Crippen MR) is 57.1 cm³/mol. The third-order valence-electron chi connectivity index (χ3n) is 2.14. The number of alkyl halides is 3. The number of hydrogen-bond donors (Lipinski definition) is 1. The normalized spacial score (nSPS) is 11.3. The topological polar surface area (TPSA) is 35.2 Å². The van der Waals surface area contributed by atoms with E-state index in [0.29, 0.717) is 11.1 Å². The van der Waals surface area contributed by atoms with Crippen molar-refractivity contribution in [1.82, 2.24) is 0 Å². The van der Waals surface area contributed by atoms with E-state index in [1.165, 1.54) is 13.2 Å². The first-order chi connectivity index (χ1) is 7.27. The number of nitrogens with two attached hydrogens (primary N) is 1. The second-order valence-electron chi connectivity index (χ2n) is 3.42. The van der Waals surface area contributed by atoms with E-state index in [2.05, 4.69) is 6.58 Å². The molecule has 0 bridgehead atoms. The molecule has 88 valence electrons. The summed E-state index contributed by atoms with van der Waals surface area (Å²) in [4.78, 5) is 0. The zero-order chi connectivity index (χ0) is 12.5. The van der Waals surface area contributed by atoms with Gasteiger partial charge in [0.2, 0.25) is 0 Å². The summed E-state index contributed by atoms with van der Waals surface area (Å²) in [5.74, 6) is -0.250. The van der Waals surface area contributed by atoms with Gasteiger partial charge in [-0.15, -0.1) is 0 Å². The molecule has 0 saturated carbocycles. The third-order valence-corrected chi connectivity index (χ3v) is 2.14. The van der Waals surface area contributed by atoms with Crippen LogP contribution in [0.15, 0.2) is 18.7 Å². The van der Waals surface area contributed by atoms with Crippen molar-refractivity contribution >= 4 is 11.3 Å². The van der Waals surface area contributed by atoms with Crippen molar-refractivity contribution in [2.24, 2.45) is 0 Å². The van der Waals surface area contributed by atoms with Crippen LogP contribution in [0.1, 0.15) is 18.1 Å². The highest BCUT2D eigenvalue weighted by Gasteiger charge is 2.35. The molecule has 1 aromatic rings. The van der Waals surface area contributed by atoms with Crippen LogP contribution in [0.2, 0.25) is 0 Å². The quantitative estimate of drug-likeness (QED) is 0.792. The molecule has 0 amide bonds. The molecule has 0 atom stereocenters. The molecule has 0 unspecified atom stereocenters. The van der Waals surface area contributed by atoms with Crippen molar-refractivity contribution in [3.05, 3.63) is 29.8 Å². The van der Waals surface area contributed by atoms with Crippen LogP contribution in [0.4, 0.5) is 18.9 Å². The highest BCUT2D eigenvalue weighted by Crippen LogP contribution is 2.39. The van der Waals surface area contributed by atoms with Crippen LogP contribution >= 0.6 is 0 Å². The maximum atomic E-state index is 12.6. The van der Waals surface area contributed by atoms with Gasteiger partial charge in [-0.2, -0.15) is 13.2 Å². The van der Waals surface area contributed by atoms with Crippen LogP contribution in [-0.2, 0) is 6.18 Å². The lowest BCUT2D eigenvalue weighted by atomic mass is 10.0. The Morgan fingerprint density at radius 3 is 2.31 bits per heavy atom.